The Morgan fingerprint density at radius 3 is 2.24 bits per heavy atom. The highest BCUT2D eigenvalue weighted by Crippen LogP contribution is 2.08. The van der Waals surface area contributed by atoms with Gasteiger partial charge < -0.3 is 9.80 Å². The normalized spacial score (nSPS) is 15.9. The lowest BCUT2D eigenvalue weighted by Crippen LogP contribution is -2.44. The second-order valence-electron chi connectivity index (χ2n) is 5.18. The Bertz CT molecular complexity index is 420. The Morgan fingerprint density at radius 1 is 1.10 bits per heavy atom. The van der Waals surface area contributed by atoms with Crippen molar-refractivity contribution in [2.45, 2.75) is 12.8 Å². The molecule has 3 nitrogen and oxygen atoms in total. The zero-order valence-corrected chi connectivity index (χ0v) is 13.9. The van der Waals surface area contributed by atoms with E-state index in [2.05, 4.69) is 16.8 Å². The smallest absolute Gasteiger partial charge is 0.162 e. The van der Waals surface area contributed by atoms with E-state index in [-0.39, 0.29) is 36.4 Å². The van der Waals surface area contributed by atoms with Gasteiger partial charge in [0.25, 0.3) is 0 Å². The highest BCUT2D eigenvalue weighted by atomic mass is 35.5. The molecule has 1 aliphatic heterocycles. The first-order valence-electron chi connectivity index (χ1n) is 6.85. The van der Waals surface area contributed by atoms with Gasteiger partial charge in [0.2, 0.25) is 0 Å². The molecule has 21 heavy (non-hydrogen) atoms. The van der Waals surface area contributed by atoms with Gasteiger partial charge in [0, 0.05) is 38.2 Å². The summed E-state index contributed by atoms with van der Waals surface area (Å²) in [5, 5.41) is 0. The van der Waals surface area contributed by atoms with Crippen LogP contribution in [-0.4, -0.2) is 55.4 Å². The molecule has 1 heterocycles. The molecule has 0 bridgehead atoms. The van der Waals surface area contributed by atoms with Crippen molar-refractivity contribution < 1.29 is 9.18 Å². The van der Waals surface area contributed by atoms with Crippen molar-refractivity contribution >= 4 is 30.6 Å². The summed E-state index contributed by atoms with van der Waals surface area (Å²) in [6, 6.07) is 5.81. The summed E-state index contributed by atoms with van der Waals surface area (Å²) in [6.45, 7) is 5.35. The summed E-state index contributed by atoms with van der Waals surface area (Å²) in [4.78, 5) is 16.6. The van der Waals surface area contributed by atoms with Crippen molar-refractivity contribution in [1.29, 1.82) is 0 Å². The van der Waals surface area contributed by atoms with E-state index in [0.29, 0.717) is 12.0 Å². The highest BCUT2D eigenvalue weighted by molar-refractivity contribution is 5.95. The number of ketones is 1. The zero-order chi connectivity index (χ0) is 13.7. The van der Waals surface area contributed by atoms with Crippen molar-refractivity contribution in [3.05, 3.63) is 35.6 Å². The molecule has 0 aliphatic carbocycles. The van der Waals surface area contributed by atoms with Crippen LogP contribution in [0.1, 0.15) is 23.2 Å². The molecule has 1 aromatic rings. The number of carbonyl (C=O) groups is 1. The van der Waals surface area contributed by atoms with Crippen LogP contribution in [0.2, 0.25) is 0 Å². The molecule has 0 amide bonds. The number of benzene rings is 1. The van der Waals surface area contributed by atoms with Gasteiger partial charge in [-0.25, -0.2) is 4.39 Å². The third kappa shape index (κ3) is 6.74. The number of likely N-dealkylation sites (N-methyl/N-ethyl adjacent to an activating group) is 1. The second kappa shape index (κ2) is 10.1. The summed E-state index contributed by atoms with van der Waals surface area (Å²) in [5.41, 5.74) is 0.611. The van der Waals surface area contributed by atoms with E-state index in [1.165, 1.54) is 12.1 Å². The van der Waals surface area contributed by atoms with Crippen LogP contribution >= 0.6 is 24.8 Å². The summed E-state index contributed by atoms with van der Waals surface area (Å²) >= 11 is 0. The van der Waals surface area contributed by atoms with Gasteiger partial charge >= 0.3 is 0 Å². The topological polar surface area (TPSA) is 23.6 Å². The lowest BCUT2D eigenvalue weighted by Gasteiger charge is -2.32. The monoisotopic (exact) mass is 336 g/mol. The lowest BCUT2D eigenvalue weighted by molar-refractivity contribution is 0.0967. The molecule has 0 unspecified atom stereocenters. The second-order valence-corrected chi connectivity index (χ2v) is 5.18. The number of Topliss-reactive ketones (excluding diaryl/α,β-unsaturated/α-hetero) is 1. The largest absolute Gasteiger partial charge is 0.304 e. The summed E-state index contributed by atoms with van der Waals surface area (Å²) in [6.07, 6.45) is 1.41. The number of carbonyl (C=O) groups excluding carboxylic acids is 1. The van der Waals surface area contributed by atoms with E-state index in [4.69, 9.17) is 0 Å². The average Bonchev–Trinajstić information content (AvgIpc) is 2.41. The summed E-state index contributed by atoms with van der Waals surface area (Å²) < 4.78 is 12.8. The molecule has 6 heteroatoms. The highest BCUT2D eigenvalue weighted by Gasteiger charge is 2.13. The SMILES string of the molecule is CN1CCN(CCCC(=O)c2ccc(F)cc2)CC1.Cl.Cl. The molecule has 2 rings (SSSR count). The molecular formula is C15H23Cl2FN2O. The van der Waals surface area contributed by atoms with Crippen LogP contribution in [0.25, 0.3) is 0 Å². The molecule has 1 fully saturated rings. The van der Waals surface area contributed by atoms with E-state index in [0.717, 1.165) is 39.1 Å². The van der Waals surface area contributed by atoms with Crippen molar-refractivity contribution in [3.63, 3.8) is 0 Å². The van der Waals surface area contributed by atoms with Crippen molar-refractivity contribution in [2.75, 3.05) is 39.8 Å². The predicted molar refractivity (Wildman–Crippen MR) is 88.4 cm³/mol. The van der Waals surface area contributed by atoms with Crippen molar-refractivity contribution in [1.82, 2.24) is 9.80 Å². The third-order valence-corrected chi connectivity index (χ3v) is 3.64. The fraction of sp³-hybridized carbons (Fsp3) is 0.533. The van der Waals surface area contributed by atoms with Crippen LogP contribution in [-0.2, 0) is 0 Å². The predicted octanol–water partition coefficient (Wildman–Crippen LogP) is 2.88. The standard InChI is InChI=1S/C15H21FN2O.2ClH/c1-17-9-11-18(12-10-17)8-2-3-15(19)13-4-6-14(16)7-5-13;;/h4-7H,2-3,8-12H2,1H3;2*1H. The number of hydrogen-bond acceptors (Lipinski definition) is 3. The fourth-order valence-corrected chi connectivity index (χ4v) is 2.31. The Morgan fingerprint density at radius 2 is 1.67 bits per heavy atom. The quantitative estimate of drug-likeness (QED) is 0.772. The molecule has 0 radical (unpaired) electrons. The van der Waals surface area contributed by atoms with Gasteiger partial charge in [-0.15, -0.1) is 24.8 Å². The molecule has 0 saturated carbocycles. The van der Waals surface area contributed by atoms with Gasteiger partial charge in [-0.2, -0.15) is 0 Å². The van der Waals surface area contributed by atoms with E-state index >= 15 is 0 Å². The third-order valence-electron chi connectivity index (χ3n) is 3.64. The first-order chi connectivity index (χ1) is 9.15. The van der Waals surface area contributed by atoms with Gasteiger partial charge in [-0.1, -0.05) is 0 Å². The fourth-order valence-electron chi connectivity index (χ4n) is 2.31. The molecule has 0 spiro atoms. The van der Waals surface area contributed by atoms with Crippen LogP contribution in [0.3, 0.4) is 0 Å². The minimum atomic E-state index is -0.297. The van der Waals surface area contributed by atoms with Gasteiger partial charge in [-0.05, 0) is 44.3 Å². The van der Waals surface area contributed by atoms with E-state index in [1.54, 1.807) is 12.1 Å². The maximum absolute atomic E-state index is 12.8. The first kappa shape index (κ1) is 20.3. The van der Waals surface area contributed by atoms with Gasteiger partial charge in [0.15, 0.2) is 5.78 Å². The Kier molecular flexibility index (Phi) is 9.79. The van der Waals surface area contributed by atoms with E-state index in [9.17, 15) is 9.18 Å². The van der Waals surface area contributed by atoms with Crippen LogP contribution < -0.4 is 0 Å². The summed E-state index contributed by atoms with van der Waals surface area (Å²) in [5.74, 6) is -0.192. The summed E-state index contributed by atoms with van der Waals surface area (Å²) in [7, 11) is 2.13. The number of nitrogens with zero attached hydrogens (tertiary/aromatic N) is 2. The van der Waals surface area contributed by atoms with Crippen LogP contribution in [0.5, 0.6) is 0 Å². The molecule has 0 aromatic heterocycles. The zero-order valence-electron chi connectivity index (χ0n) is 12.3. The number of hydrogen-bond donors (Lipinski definition) is 0. The molecule has 120 valence electrons. The Labute approximate surface area is 138 Å². The lowest BCUT2D eigenvalue weighted by atomic mass is 10.1. The minimum Gasteiger partial charge on any atom is -0.304 e. The van der Waals surface area contributed by atoms with Crippen molar-refractivity contribution in [3.8, 4) is 0 Å². The minimum absolute atomic E-state index is 0. The van der Waals surface area contributed by atoms with Crippen LogP contribution in [0.15, 0.2) is 24.3 Å². The number of rotatable bonds is 5. The van der Waals surface area contributed by atoms with Crippen LogP contribution in [0.4, 0.5) is 4.39 Å². The van der Waals surface area contributed by atoms with Gasteiger partial charge in [0.05, 0.1) is 0 Å². The molecule has 1 aliphatic rings. The average molecular weight is 337 g/mol. The van der Waals surface area contributed by atoms with Gasteiger partial charge in [-0.3, -0.25) is 4.79 Å². The van der Waals surface area contributed by atoms with Crippen LogP contribution in [0, 0.1) is 5.82 Å². The van der Waals surface area contributed by atoms with Gasteiger partial charge in [0.1, 0.15) is 5.82 Å². The van der Waals surface area contributed by atoms with Crippen molar-refractivity contribution in [2.24, 2.45) is 0 Å². The first-order valence-corrected chi connectivity index (χ1v) is 6.85. The molecule has 1 aromatic carbocycles. The Balaban J connectivity index is 0.00000200. The maximum Gasteiger partial charge on any atom is 0.162 e. The Hall–Kier alpha value is -0.680. The van der Waals surface area contributed by atoms with E-state index in [1.807, 2.05) is 0 Å². The molecule has 0 atom stereocenters. The molecule has 0 N–H and O–H groups in total. The van der Waals surface area contributed by atoms with E-state index < -0.39 is 0 Å². The number of piperazine rings is 1. The maximum atomic E-state index is 12.8. The number of halogens is 3. The molecule has 1 saturated heterocycles. The molecular weight excluding hydrogens is 314 g/mol.